The van der Waals surface area contributed by atoms with Crippen molar-refractivity contribution in [3.8, 4) is 0 Å². The van der Waals surface area contributed by atoms with Crippen LogP contribution in [0.25, 0.3) is 0 Å². The number of likely N-dealkylation sites (tertiary alicyclic amines) is 1. The molecule has 0 radical (unpaired) electrons. The van der Waals surface area contributed by atoms with Gasteiger partial charge in [0.15, 0.2) is 0 Å². The molecular weight excluding hydrogens is 292 g/mol. The molecule has 1 N–H and O–H groups in total. The van der Waals surface area contributed by atoms with Gasteiger partial charge in [-0.15, -0.1) is 0 Å². The van der Waals surface area contributed by atoms with Crippen LogP contribution in [0.15, 0.2) is 0 Å². The van der Waals surface area contributed by atoms with Gasteiger partial charge in [-0.25, -0.2) is 13.8 Å². The summed E-state index contributed by atoms with van der Waals surface area (Å²) in [5, 5.41) is 9.06. The second kappa shape index (κ2) is 5.61. The minimum Gasteiger partial charge on any atom is -0.481 e. The first-order valence-electron chi connectivity index (χ1n) is 7.72. The van der Waals surface area contributed by atoms with E-state index in [9.17, 15) is 13.6 Å². The van der Waals surface area contributed by atoms with Gasteiger partial charge in [0.2, 0.25) is 0 Å². The predicted molar refractivity (Wildman–Crippen MR) is 75.8 cm³/mol. The summed E-state index contributed by atoms with van der Waals surface area (Å²) >= 11 is 0. The van der Waals surface area contributed by atoms with Crippen molar-refractivity contribution < 1.29 is 18.7 Å². The maximum atomic E-state index is 13.8. The highest BCUT2D eigenvalue weighted by atomic mass is 19.3. The molecule has 1 fully saturated rings. The molecule has 0 saturated carbocycles. The van der Waals surface area contributed by atoms with Crippen LogP contribution in [0.1, 0.15) is 36.5 Å². The fourth-order valence-electron chi connectivity index (χ4n) is 3.56. The zero-order valence-corrected chi connectivity index (χ0v) is 12.7. The minimum atomic E-state index is -2.95. The number of aliphatic carboxylic acids is 1. The molecule has 1 atom stereocenters. The Bertz CT molecular complexity index is 586. The van der Waals surface area contributed by atoms with Crippen molar-refractivity contribution in [1.29, 1.82) is 0 Å². The van der Waals surface area contributed by atoms with Crippen molar-refractivity contribution in [2.24, 2.45) is 13.0 Å². The molecule has 1 unspecified atom stereocenters. The number of carboxylic acids is 1. The van der Waals surface area contributed by atoms with Gasteiger partial charge in [-0.3, -0.25) is 9.69 Å². The van der Waals surface area contributed by atoms with Gasteiger partial charge < -0.3 is 9.67 Å². The number of carboxylic acid groups (broad SMARTS) is 1. The Labute approximate surface area is 127 Å². The molecule has 0 amide bonds. The number of halogens is 2. The Morgan fingerprint density at radius 2 is 2.14 bits per heavy atom. The lowest BCUT2D eigenvalue weighted by Gasteiger charge is -2.35. The third-order valence-corrected chi connectivity index (χ3v) is 4.66. The number of fused-ring (bicyclic) bond motifs is 1. The Kier molecular flexibility index (Phi) is 3.92. The van der Waals surface area contributed by atoms with E-state index in [1.807, 2.05) is 11.6 Å². The quantitative estimate of drug-likeness (QED) is 0.925. The van der Waals surface area contributed by atoms with Crippen LogP contribution in [0.3, 0.4) is 0 Å². The lowest BCUT2D eigenvalue weighted by molar-refractivity contribution is -0.153. The number of carbonyl (C=O) groups is 1. The molecular formula is C15H21F2N3O2. The van der Waals surface area contributed by atoms with Gasteiger partial charge in [-0.05, 0) is 25.7 Å². The average Bonchev–Trinajstić information content (AvgIpc) is 2.74. The van der Waals surface area contributed by atoms with Crippen LogP contribution in [0.5, 0.6) is 0 Å². The van der Waals surface area contributed by atoms with E-state index in [1.54, 1.807) is 0 Å². The molecule has 0 bridgehead atoms. The monoisotopic (exact) mass is 313 g/mol. The molecule has 1 saturated heterocycles. The first kappa shape index (κ1) is 15.4. The van der Waals surface area contributed by atoms with Crippen LogP contribution >= 0.6 is 0 Å². The minimum absolute atomic E-state index is 0.155. The van der Waals surface area contributed by atoms with Gasteiger partial charge in [0, 0.05) is 25.7 Å². The summed E-state index contributed by atoms with van der Waals surface area (Å²) in [6.45, 7) is 0.0413. The molecule has 122 valence electrons. The SMILES string of the molecule is Cn1c(CN2CC(C(=O)O)CC(F)(F)C2)nc2c1CCCC2. The molecule has 1 aromatic rings. The van der Waals surface area contributed by atoms with E-state index in [4.69, 9.17) is 5.11 Å². The third kappa shape index (κ3) is 2.99. The number of piperidine rings is 1. The highest BCUT2D eigenvalue weighted by Gasteiger charge is 2.43. The Hall–Kier alpha value is -1.50. The maximum absolute atomic E-state index is 13.8. The lowest BCUT2D eigenvalue weighted by Crippen LogP contribution is -2.48. The molecule has 1 aromatic heterocycles. The molecule has 2 heterocycles. The smallest absolute Gasteiger partial charge is 0.308 e. The van der Waals surface area contributed by atoms with E-state index in [0.29, 0.717) is 0 Å². The fourth-order valence-corrected chi connectivity index (χ4v) is 3.56. The Morgan fingerprint density at radius 1 is 1.41 bits per heavy atom. The van der Waals surface area contributed by atoms with Gasteiger partial charge in [0.05, 0.1) is 24.7 Å². The van der Waals surface area contributed by atoms with E-state index in [2.05, 4.69) is 4.98 Å². The number of rotatable bonds is 3. The molecule has 22 heavy (non-hydrogen) atoms. The number of alkyl halides is 2. The highest BCUT2D eigenvalue weighted by Crippen LogP contribution is 2.31. The molecule has 5 nitrogen and oxygen atoms in total. The third-order valence-electron chi connectivity index (χ3n) is 4.66. The molecule has 0 aromatic carbocycles. The van der Waals surface area contributed by atoms with Crippen molar-refractivity contribution in [1.82, 2.24) is 14.5 Å². The predicted octanol–water partition coefficient (Wildman–Crippen LogP) is 1.84. The van der Waals surface area contributed by atoms with Crippen molar-refractivity contribution in [3.05, 3.63) is 17.2 Å². The summed E-state index contributed by atoms with van der Waals surface area (Å²) in [5.41, 5.74) is 2.27. The van der Waals surface area contributed by atoms with Crippen molar-refractivity contribution in [3.63, 3.8) is 0 Å². The van der Waals surface area contributed by atoms with Crippen LogP contribution in [0.2, 0.25) is 0 Å². The largest absolute Gasteiger partial charge is 0.481 e. The molecule has 0 spiro atoms. The summed E-state index contributed by atoms with van der Waals surface area (Å²) in [6, 6.07) is 0. The standard InChI is InChI=1S/C15H21F2N3O2/c1-19-12-5-3-2-4-11(12)18-13(19)8-20-7-10(14(21)22)6-15(16,17)9-20/h10H,2-9H2,1H3,(H,21,22). The van der Waals surface area contributed by atoms with Gasteiger partial charge >= 0.3 is 5.97 Å². The summed E-state index contributed by atoms with van der Waals surface area (Å²) in [6.07, 6.45) is 3.60. The van der Waals surface area contributed by atoms with E-state index < -0.39 is 30.8 Å². The average molecular weight is 313 g/mol. The summed E-state index contributed by atoms with van der Waals surface area (Å²) in [7, 11) is 1.92. The van der Waals surface area contributed by atoms with E-state index in [-0.39, 0.29) is 13.1 Å². The van der Waals surface area contributed by atoms with E-state index in [1.165, 1.54) is 10.6 Å². The molecule has 3 rings (SSSR count). The fraction of sp³-hybridized carbons (Fsp3) is 0.733. The van der Waals surface area contributed by atoms with Gasteiger partial charge in [0.1, 0.15) is 5.82 Å². The van der Waals surface area contributed by atoms with Crippen LogP contribution < -0.4 is 0 Å². The normalized spacial score (nSPS) is 25.0. The topological polar surface area (TPSA) is 58.4 Å². The first-order valence-corrected chi connectivity index (χ1v) is 7.72. The van der Waals surface area contributed by atoms with Crippen LogP contribution in [0.4, 0.5) is 8.78 Å². The molecule has 1 aliphatic heterocycles. The van der Waals surface area contributed by atoms with Crippen molar-refractivity contribution >= 4 is 5.97 Å². The number of nitrogens with zero attached hydrogens (tertiary/aromatic N) is 3. The number of hydrogen-bond donors (Lipinski definition) is 1. The lowest BCUT2D eigenvalue weighted by atomic mass is 9.95. The van der Waals surface area contributed by atoms with E-state index >= 15 is 0 Å². The second-order valence-electron chi connectivity index (χ2n) is 6.45. The van der Waals surface area contributed by atoms with Crippen LogP contribution in [0, 0.1) is 5.92 Å². The van der Waals surface area contributed by atoms with Gasteiger partial charge in [0.25, 0.3) is 5.92 Å². The Morgan fingerprint density at radius 3 is 2.82 bits per heavy atom. The number of hydrogen-bond acceptors (Lipinski definition) is 3. The number of imidazole rings is 1. The zero-order chi connectivity index (χ0) is 15.9. The Balaban J connectivity index is 1.77. The zero-order valence-electron chi connectivity index (χ0n) is 12.7. The molecule has 7 heteroatoms. The number of aromatic nitrogens is 2. The van der Waals surface area contributed by atoms with Gasteiger partial charge in [-0.2, -0.15) is 0 Å². The first-order chi connectivity index (χ1) is 10.4. The molecule has 1 aliphatic carbocycles. The van der Waals surface area contributed by atoms with E-state index in [0.717, 1.165) is 37.2 Å². The van der Waals surface area contributed by atoms with Gasteiger partial charge in [-0.1, -0.05) is 0 Å². The summed E-state index contributed by atoms with van der Waals surface area (Å²) in [4.78, 5) is 17.2. The van der Waals surface area contributed by atoms with Crippen LogP contribution in [-0.2, 0) is 31.2 Å². The maximum Gasteiger partial charge on any atom is 0.308 e. The van der Waals surface area contributed by atoms with Crippen molar-refractivity contribution in [2.75, 3.05) is 13.1 Å². The van der Waals surface area contributed by atoms with Crippen molar-refractivity contribution in [2.45, 2.75) is 44.6 Å². The molecule has 2 aliphatic rings. The number of aryl methyl sites for hydroxylation is 1. The summed E-state index contributed by atoms with van der Waals surface area (Å²) < 4.78 is 29.5. The second-order valence-corrected chi connectivity index (χ2v) is 6.45. The highest BCUT2D eigenvalue weighted by molar-refractivity contribution is 5.70. The van der Waals surface area contributed by atoms with Crippen LogP contribution in [-0.4, -0.2) is 44.5 Å². The summed E-state index contributed by atoms with van der Waals surface area (Å²) in [5.74, 6) is -4.36.